The van der Waals surface area contributed by atoms with Crippen LogP contribution >= 0.6 is 11.3 Å². The van der Waals surface area contributed by atoms with Crippen molar-refractivity contribution in [3.63, 3.8) is 0 Å². The topological polar surface area (TPSA) is 84.2 Å². The summed E-state index contributed by atoms with van der Waals surface area (Å²) in [6.07, 6.45) is 0.241. The lowest BCUT2D eigenvalue weighted by molar-refractivity contribution is -0.653. The van der Waals surface area contributed by atoms with Crippen LogP contribution in [0.5, 0.6) is 5.75 Å². The molecule has 2 aromatic carbocycles. The lowest BCUT2D eigenvalue weighted by Crippen LogP contribution is -2.34. The van der Waals surface area contributed by atoms with Crippen LogP contribution in [0, 0.1) is 0 Å². The van der Waals surface area contributed by atoms with Gasteiger partial charge in [-0.15, -0.1) is 0 Å². The number of azo groups is 1. The Morgan fingerprint density at radius 3 is 2.47 bits per heavy atom. The summed E-state index contributed by atoms with van der Waals surface area (Å²) in [6.45, 7) is 9.22. The van der Waals surface area contributed by atoms with Crippen LogP contribution in [0.4, 0.5) is 16.5 Å². The molecule has 30 heavy (non-hydrogen) atoms. The molecule has 3 aromatic rings. The Bertz CT molecular complexity index is 1030. The van der Waals surface area contributed by atoms with Crippen molar-refractivity contribution in [2.75, 3.05) is 24.6 Å². The van der Waals surface area contributed by atoms with Crippen LogP contribution in [-0.4, -0.2) is 25.6 Å². The Hall–Kier alpha value is -3.00. The number of nitrogens with zero attached hydrogens (tertiary/aromatic N) is 4. The highest BCUT2D eigenvalue weighted by molar-refractivity contribution is 7.21. The first-order valence-electron chi connectivity index (χ1n) is 10.2. The van der Waals surface area contributed by atoms with E-state index >= 15 is 0 Å². The Morgan fingerprint density at radius 2 is 1.83 bits per heavy atom. The molecule has 1 heterocycles. The van der Waals surface area contributed by atoms with Gasteiger partial charge >= 0.3 is 5.13 Å². The van der Waals surface area contributed by atoms with E-state index in [2.05, 4.69) is 41.1 Å². The molecule has 0 aliphatic heterocycles. The maximum absolute atomic E-state index is 11.3. The summed E-state index contributed by atoms with van der Waals surface area (Å²) < 4.78 is 8.61. The largest absolute Gasteiger partial charge is 0.494 e. The Balaban J connectivity index is 1.91. The molecule has 0 saturated heterocycles. The van der Waals surface area contributed by atoms with Crippen molar-refractivity contribution in [3.8, 4) is 5.75 Å². The number of anilines is 1. The third kappa shape index (κ3) is 5.13. The van der Waals surface area contributed by atoms with E-state index in [9.17, 15) is 4.79 Å². The summed E-state index contributed by atoms with van der Waals surface area (Å²) in [7, 11) is 0. The van der Waals surface area contributed by atoms with E-state index in [4.69, 9.17) is 10.5 Å². The molecule has 0 aliphatic rings. The number of ether oxygens (including phenoxy) is 1. The number of nitrogens with two attached hydrogens (primary N) is 1. The second-order valence-corrected chi connectivity index (χ2v) is 7.71. The number of carbonyl (C=O) groups excluding carboxylic acids is 1. The van der Waals surface area contributed by atoms with Crippen molar-refractivity contribution in [2.45, 2.75) is 33.7 Å². The average Bonchev–Trinajstić information content (AvgIpc) is 3.09. The zero-order valence-corrected chi connectivity index (χ0v) is 18.5. The highest BCUT2D eigenvalue weighted by Gasteiger charge is 2.20. The van der Waals surface area contributed by atoms with Crippen LogP contribution in [0.25, 0.3) is 10.2 Å². The van der Waals surface area contributed by atoms with Gasteiger partial charge in [-0.25, -0.2) is 4.57 Å². The number of hydrogen-bond acceptors (Lipinski definition) is 6. The highest BCUT2D eigenvalue weighted by Crippen LogP contribution is 2.31. The van der Waals surface area contributed by atoms with Gasteiger partial charge < -0.3 is 15.4 Å². The number of thiazole rings is 1. The predicted octanol–water partition coefficient (Wildman–Crippen LogP) is 4.72. The zero-order valence-electron chi connectivity index (χ0n) is 17.7. The molecule has 0 saturated carbocycles. The molecule has 0 atom stereocenters. The summed E-state index contributed by atoms with van der Waals surface area (Å²) in [5.41, 5.74) is 8.29. The number of amides is 1. The molecule has 0 fully saturated rings. The van der Waals surface area contributed by atoms with Gasteiger partial charge in [-0.2, -0.15) is 0 Å². The number of aryl methyl sites for hydroxylation is 1. The minimum atomic E-state index is -0.345. The first-order valence-corrected chi connectivity index (χ1v) is 11.0. The Kier molecular flexibility index (Phi) is 7.35. The minimum absolute atomic E-state index is 0.241. The third-order valence-electron chi connectivity index (χ3n) is 4.78. The second-order valence-electron chi connectivity index (χ2n) is 6.70. The summed E-state index contributed by atoms with van der Waals surface area (Å²) in [6, 6.07) is 13.9. The van der Waals surface area contributed by atoms with E-state index in [0.29, 0.717) is 18.3 Å². The number of aromatic nitrogens is 1. The van der Waals surface area contributed by atoms with Gasteiger partial charge in [0.25, 0.3) is 0 Å². The first-order chi connectivity index (χ1) is 14.5. The molecule has 0 aliphatic carbocycles. The lowest BCUT2D eigenvalue weighted by atomic mass is 10.2. The fourth-order valence-corrected chi connectivity index (χ4v) is 4.28. The van der Waals surface area contributed by atoms with Gasteiger partial charge in [0, 0.05) is 24.8 Å². The van der Waals surface area contributed by atoms with Gasteiger partial charge in [-0.05, 0) is 73.6 Å². The molecule has 7 nitrogen and oxygen atoms in total. The third-order valence-corrected chi connectivity index (χ3v) is 5.81. The first kappa shape index (κ1) is 21.7. The fourth-order valence-electron chi connectivity index (χ4n) is 3.24. The molecule has 0 bridgehead atoms. The number of rotatable bonds is 10. The molecule has 158 valence electrons. The smallest absolute Gasteiger partial charge is 0.409 e. The zero-order chi connectivity index (χ0) is 21.5. The molecule has 2 N–H and O–H groups in total. The minimum Gasteiger partial charge on any atom is -0.494 e. The van der Waals surface area contributed by atoms with Crippen LogP contribution in [0.15, 0.2) is 52.7 Å². The quantitative estimate of drug-likeness (QED) is 0.376. The van der Waals surface area contributed by atoms with Gasteiger partial charge in [0.2, 0.25) is 5.91 Å². The van der Waals surface area contributed by atoms with Crippen LogP contribution in [0.3, 0.4) is 0 Å². The standard InChI is InChI=1S/C22H27N5O2S/c1-4-26(5-2)17-9-7-16(8-10-17)24-25-22-27(14-13-21(23)28)19-12-11-18(29-6-3)15-20(19)30-22/h7-12,15H,4-6,13-14H2,1-3H3,(H-,23,28)/p+1. The molecular formula is C22H28N5O2S+. The summed E-state index contributed by atoms with van der Waals surface area (Å²) in [5, 5.41) is 9.62. The van der Waals surface area contributed by atoms with E-state index in [0.717, 1.165) is 34.7 Å². The van der Waals surface area contributed by atoms with Gasteiger partial charge in [0.05, 0.1) is 22.8 Å². The molecular weight excluding hydrogens is 398 g/mol. The molecule has 0 spiro atoms. The molecule has 1 aromatic heterocycles. The van der Waals surface area contributed by atoms with Crippen LogP contribution < -0.4 is 19.9 Å². The normalized spacial score (nSPS) is 11.3. The fraction of sp³-hybridized carbons (Fsp3) is 0.364. The van der Waals surface area contributed by atoms with Crippen molar-refractivity contribution in [2.24, 2.45) is 16.0 Å². The van der Waals surface area contributed by atoms with Crippen LogP contribution in [0.2, 0.25) is 0 Å². The SMILES string of the molecule is CCOc1ccc2c(c1)sc(N=Nc1ccc(N(CC)CC)cc1)[n+]2CCC(N)=O. The Morgan fingerprint density at radius 1 is 1.10 bits per heavy atom. The van der Waals surface area contributed by atoms with Crippen molar-refractivity contribution in [1.29, 1.82) is 0 Å². The van der Waals surface area contributed by atoms with Gasteiger partial charge in [-0.1, -0.05) is 0 Å². The highest BCUT2D eigenvalue weighted by atomic mass is 32.1. The lowest BCUT2D eigenvalue weighted by Gasteiger charge is -2.20. The second kappa shape index (κ2) is 10.2. The number of fused-ring (bicyclic) bond motifs is 1. The number of primary amides is 1. The predicted molar refractivity (Wildman–Crippen MR) is 121 cm³/mol. The van der Waals surface area contributed by atoms with E-state index in [1.54, 1.807) is 0 Å². The van der Waals surface area contributed by atoms with E-state index < -0.39 is 0 Å². The molecule has 3 rings (SSSR count). The monoisotopic (exact) mass is 426 g/mol. The van der Waals surface area contributed by atoms with E-state index in [-0.39, 0.29) is 12.3 Å². The summed E-state index contributed by atoms with van der Waals surface area (Å²) in [4.78, 5) is 13.6. The molecule has 8 heteroatoms. The van der Waals surface area contributed by atoms with Crippen LogP contribution in [0.1, 0.15) is 27.2 Å². The van der Waals surface area contributed by atoms with Gasteiger partial charge in [-0.3, -0.25) is 4.79 Å². The van der Waals surface area contributed by atoms with Crippen molar-refractivity contribution < 1.29 is 14.1 Å². The molecule has 0 unspecified atom stereocenters. The molecule has 0 radical (unpaired) electrons. The maximum atomic E-state index is 11.3. The van der Waals surface area contributed by atoms with Crippen molar-refractivity contribution in [1.82, 2.24) is 0 Å². The van der Waals surface area contributed by atoms with E-state index in [1.165, 1.54) is 17.0 Å². The number of hydrogen-bond donors (Lipinski definition) is 1. The van der Waals surface area contributed by atoms with Gasteiger partial charge in [0.1, 0.15) is 23.5 Å². The van der Waals surface area contributed by atoms with Crippen molar-refractivity contribution >= 4 is 44.0 Å². The van der Waals surface area contributed by atoms with Gasteiger partial charge in [0.15, 0.2) is 0 Å². The average molecular weight is 427 g/mol. The van der Waals surface area contributed by atoms with Crippen molar-refractivity contribution in [3.05, 3.63) is 42.5 Å². The molecule has 1 amide bonds. The Labute approximate surface area is 180 Å². The maximum Gasteiger partial charge on any atom is 0.409 e. The summed E-state index contributed by atoms with van der Waals surface area (Å²) in [5.74, 6) is 0.464. The van der Waals surface area contributed by atoms with Crippen LogP contribution in [-0.2, 0) is 11.3 Å². The number of carbonyl (C=O) groups is 1. The number of benzene rings is 2. The van der Waals surface area contributed by atoms with E-state index in [1.807, 2.05) is 41.8 Å². The summed E-state index contributed by atoms with van der Waals surface area (Å²) >= 11 is 1.51.